The number of hydrogen-bond donors (Lipinski definition) is 1. The Morgan fingerprint density at radius 1 is 0.914 bits per heavy atom. The Labute approximate surface area is 210 Å². The molecule has 190 valence electrons. The van der Waals surface area contributed by atoms with Gasteiger partial charge in [-0.2, -0.15) is 5.10 Å². The molecule has 0 radical (unpaired) electrons. The topological polar surface area (TPSA) is 59.8 Å². The Hall–Kier alpha value is -2.67. The average molecular weight is 480 g/mol. The smallest absolute Gasteiger partial charge is 0.222 e. The largest absolute Gasteiger partial charge is 0.439 e. The summed E-state index contributed by atoms with van der Waals surface area (Å²) in [5.41, 5.74) is 4.14. The van der Waals surface area contributed by atoms with Gasteiger partial charge in [-0.05, 0) is 30.9 Å². The van der Waals surface area contributed by atoms with Crippen molar-refractivity contribution >= 4 is 0 Å². The van der Waals surface area contributed by atoms with E-state index >= 15 is 0 Å². The third kappa shape index (κ3) is 8.20. The van der Waals surface area contributed by atoms with Crippen molar-refractivity contribution in [3.8, 4) is 22.9 Å². The van der Waals surface area contributed by atoms with Crippen LogP contribution < -0.4 is 4.74 Å². The molecule has 6 heteroatoms. The van der Waals surface area contributed by atoms with E-state index < -0.39 is 6.10 Å². The van der Waals surface area contributed by atoms with E-state index in [1.54, 1.807) is 0 Å². The fraction of sp³-hybridized carbons (Fsp3) is 0.483. The first-order valence-corrected chi connectivity index (χ1v) is 12.6. The van der Waals surface area contributed by atoms with Crippen LogP contribution in [0.15, 0.2) is 54.6 Å². The first-order valence-electron chi connectivity index (χ1n) is 12.6. The molecule has 2 aromatic carbocycles. The summed E-state index contributed by atoms with van der Waals surface area (Å²) in [5, 5.41) is 15.6. The standard InChI is InChI=1S/C29H41N3O3/c1-21(2)16-32(17-25(33)20-34-19-22(3)4)18-27-28(24-10-8-7-9-11-24)30-31(6)29(27)35-26-14-12-23(5)13-15-26/h7-15,21-22,25,33H,16-20H2,1-6H3/t25-/m1/s1. The predicted octanol–water partition coefficient (Wildman–Crippen LogP) is 5.68. The second-order valence-corrected chi connectivity index (χ2v) is 10.2. The maximum absolute atomic E-state index is 10.7. The Balaban J connectivity index is 1.91. The Morgan fingerprint density at radius 3 is 2.23 bits per heavy atom. The zero-order chi connectivity index (χ0) is 25.4. The van der Waals surface area contributed by atoms with Crippen LogP contribution in [-0.4, -0.2) is 52.2 Å². The van der Waals surface area contributed by atoms with Crippen LogP contribution in [0.2, 0.25) is 0 Å². The Kier molecular flexibility index (Phi) is 9.90. The summed E-state index contributed by atoms with van der Waals surface area (Å²) in [4.78, 5) is 2.28. The van der Waals surface area contributed by atoms with Crippen LogP contribution in [0.4, 0.5) is 0 Å². The van der Waals surface area contributed by atoms with E-state index in [0.717, 1.165) is 29.1 Å². The minimum absolute atomic E-state index is 0.331. The Bertz CT molecular complexity index is 1030. The van der Waals surface area contributed by atoms with Crippen molar-refractivity contribution in [2.45, 2.75) is 47.3 Å². The highest BCUT2D eigenvalue weighted by Gasteiger charge is 2.24. The molecule has 0 saturated carbocycles. The van der Waals surface area contributed by atoms with Crippen molar-refractivity contribution in [3.63, 3.8) is 0 Å². The fourth-order valence-electron chi connectivity index (χ4n) is 4.10. The van der Waals surface area contributed by atoms with Crippen molar-refractivity contribution in [2.75, 3.05) is 26.3 Å². The summed E-state index contributed by atoms with van der Waals surface area (Å²) in [6.07, 6.45) is -0.564. The molecular formula is C29H41N3O3. The number of aliphatic hydroxyl groups is 1. The normalized spacial score (nSPS) is 12.6. The number of aliphatic hydroxyl groups excluding tert-OH is 1. The minimum Gasteiger partial charge on any atom is -0.439 e. The summed E-state index contributed by atoms with van der Waals surface area (Å²) in [5.74, 6) is 2.38. The van der Waals surface area contributed by atoms with Gasteiger partial charge in [0.15, 0.2) is 0 Å². The summed E-state index contributed by atoms with van der Waals surface area (Å²) in [6.45, 7) is 13.6. The van der Waals surface area contributed by atoms with Crippen LogP contribution in [0.5, 0.6) is 11.6 Å². The lowest BCUT2D eigenvalue weighted by Gasteiger charge is -2.27. The van der Waals surface area contributed by atoms with Gasteiger partial charge in [0.2, 0.25) is 5.88 Å². The molecule has 3 rings (SSSR count). The summed E-state index contributed by atoms with van der Waals surface area (Å²) >= 11 is 0. The third-order valence-electron chi connectivity index (χ3n) is 5.61. The summed E-state index contributed by atoms with van der Waals surface area (Å²) in [7, 11) is 1.92. The van der Waals surface area contributed by atoms with Crippen molar-refractivity contribution < 1.29 is 14.6 Å². The van der Waals surface area contributed by atoms with E-state index in [1.165, 1.54) is 5.56 Å². The molecule has 1 N–H and O–H groups in total. The zero-order valence-electron chi connectivity index (χ0n) is 22.1. The third-order valence-corrected chi connectivity index (χ3v) is 5.61. The van der Waals surface area contributed by atoms with Crippen LogP contribution in [0, 0.1) is 18.8 Å². The van der Waals surface area contributed by atoms with Gasteiger partial charge in [-0.25, -0.2) is 4.68 Å². The maximum atomic E-state index is 10.7. The number of aromatic nitrogens is 2. The number of aryl methyl sites for hydroxylation is 2. The number of nitrogens with zero attached hydrogens (tertiary/aromatic N) is 3. The van der Waals surface area contributed by atoms with Gasteiger partial charge in [0, 0.05) is 38.9 Å². The molecule has 0 unspecified atom stereocenters. The second kappa shape index (κ2) is 12.9. The van der Waals surface area contributed by atoms with Gasteiger partial charge in [0.05, 0.1) is 18.3 Å². The lowest BCUT2D eigenvalue weighted by atomic mass is 10.1. The molecule has 0 aliphatic rings. The summed E-state index contributed by atoms with van der Waals surface area (Å²) in [6, 6.07) is 18.3. The SMILES string of the molecule is Cc1ccc(Oc2c(CN(CC(C)C)C[C@@H](O)COCC(C)C)c(-c3ccccc3)nn2C)cc1. The molecule has 1 atom stereocenters. The van der Waals surface area contributed by atoms with E-state index in [9.17, 15) is 5.11 Å². The Morgan fingerprint density at radius 2 is 1.60 bits per heavy atom. The monoisotopic (exact) mass is 479 g/mol. The minimum atomic E-state index is -0.564. The van der Waals surface area contributed by atoms with E-state index in [4.69, 9.17) is 14.6 Å². The van der Waals surface area contributed by atoms with Gasteiger partial charge in [0.25, 0.3) is 0 Å². The van der Waals surface area contributed by atoms with Crippen LogP contribution in [0.25, 0.3) is 11.3 Å². The number of hydrogen-bond acceptors (Lipinski definition) is 5. The molecule has 0 amide bonds. The first kappa shape index (κ1) is 26.9. The van der Waals surface area contributed by atoms with Gasteiger partial charge in [-0.1, -0.05) is 75.7 Å². The number of rotatable bonds is 13. The fourth-order valence-corrected chi connectivity index (χ4v) is 4.10. The van der Waals surface area contributed by atoms with Gasteiger partial charge in [-0.3, -0.25) is 4.90 Å². The van der Waals surface area contributed by atoms with Gasteiger partial charge < -0.3 is 14.6 Å². The molecule has 0 aliphatic carbocycles. The van der Waals surface area contributed by atoms with Crippen molar-refractivity contribution in [1.82, 2.24) is 14.7 Å². The highest BCUT2D eigenvalue weighted by molar-refractivity contribution is 5.65. The number of benzene rings is 2. The highest BCUT2D eigenvalue weighted by Crippen LogP contribution is 2.34. The quantitative estimate of drug-likeness (QED) is 0.342. The molecule has 1 heterocycles. The van der Waals surface area contributed by atoms with Gasteiger partial charge >= 0.3 is 0 Å². The van der Waals surface area contributed by atoms with Crippen LogP contribution >= 0.6 is 0 Å². The molecule has 0 spiro atoms. The van der Waals surface area contributed by atoms with Crippen LogP contribution in [0.1, 0.15) is 38.8 Å². The number of ether oxygens (including phenoxy) is 2. The molecule has 35 heavy (non-hydrogen) atoms. The molecule has 0 bridgehead atoms. The molecule has 0 aliphatic heterocycles. The predicted molar refractivity (Wildman–Crippen MR) is 142 cm³/mol. The highest BCUT2D eigenvalue weighted by atomic mass is 16.5. The van der Waals surface area contributed by atoms with Crippen molar-refractivity contribution in [1.29, 1.82) is 0 Å². The molecule has 3 aromatic rings. The average Bonchev–Trinajstić information content (AvgIpc) is 3.10. The maximum Gasteiger partial charge on any atom is 0.222 e. The lowest BCUT2D eigenvalue weighted by Crippen LogP contribution is -2.37. The van der Waals surface area contributed by atoms with E-state index in [0.29, 0.717) is 44.0 Å². The lowest BCUT2D eigenvalue weighted by molar-refractivity contribution is 0.00516. The van der Waals surface area contributed by atoms with Crippen molar-refractivity contribution in [3.05, 3.63) is 65.7 Å². The zero-order valence-corrected chi connectivity index (χ0v) is 22.1. The molecule has 1 aromatic heterocycles. The summed E-state index contributed by atoms with van der Waals surface area (Å²) < 4.78 is 13.9. The molecule has 6 nitrogen and oxygen atoms in total. The van der Waals surface area contributed by atoms with E-state index in [-0.39, 0.29) is 0 Å². The van der Waals surface area contributed by atoms with E-state index in [1.807, 2.05) is 54.2 Å². The molecular weight excluding hydrogens is 438 g/mol. The van der Waals surface area contributed by atoms with Crippen LogP contribution in [0.3, 0.4) is 0 Å². The first-order chi connectivity index (χ1) is 16.7. The van der Waals surface area contributed by atoms with Gasteiger partial charge in [-0.15, -0.1) is 0 Å². The van der Waals surface area contributed by atoms with Crippen molar-refractivity contribution in [2.24, 2.45) is 18.9 Å². The van der Waals surface area contributed by atoms with E-state index in [2.05, 4.69) is 51.7 Å². The molecule has 0 saturated heterocycles. The van der Waals surface area contributed by atoms with Gasteiger partial charge in [0.1, 0.15) is 11.4 Å². The second-order valence-electron chi connectivity index (χ2n) is 10.2. The van der Waals surface area contributed by atoms with Crippen LogP contribution in [-0.2, 0) is 18.3 Å². The molecule has 0 fully saturated rings.